The smallest absolute Gasteiger partial charge is 0.130 e. The third-order valence-corrected chi connectivity index (χ3v) is 5.45. The lowest BCUT2D eigenvalue weighted by Gasteiger charge is -2.34. The van der Waals surface area contributed by atoms with Gasteiger partial charge in [-0.1, -0.05) is 0 Å². The maximum absolute atomic E-state index is 5.61. The summed E-state index contributed by atoms with van der Waals surface area (Å²) in [6.45, 7) is 6.42. The summed E-state index contributed by atoms with van der Waals surface area (Å²) in [5.41, 5.74) is 6.49. The minimum Gasteiger partial charge on any atom is -0.377 e. The standard InChI is InChI=1S/C19H22N8O/c1-11-10-28-7-6-27(11)16-8-13(14-9-21-26(3)12(14)2)17-19(22-16)18(25-24-17)15-4-5-20-23-15/h4-5,8-9,11H,6-7,10H2,1-3H3,(H,20,23)(H,24,25)/t11-/m1/s1. The highest BCUT2D eigenvalue weighted by molar-refractivity contribution is 5.99. The molecule has 0 aromatic carbocycles. The van der Waals surface area contributed by atoms with Gasteiger partial charge in [0.25, 0.3) is 0 Å². The Bertz CT molecular complexity index is 1130. The van der Waals surface area contributed by atoms with Gasteiger partial charge in [-0.25, -0.2) is 4.98 Å². The summed E-state index contributed by atoms with van der Waals surface area (Å²) in [5.74, 6) is 0.920. The number of rotatable bonds is 3. The second kappa shape index (κ2) is 6.45. The Morgan fingerprint density at radius 2 is 2.11 bits per heavy atom. The summed E-state index contributed by atoms with van der Waals surface area (Å²) >= 11 is 0. The Kier molecular flexibility index (Phi) is 3.90. The van der Waals surface area contributed by atoms with E-state index in [9.17, 15) is 0 Å². The van der Waals surface area contributed by atoms with Crippen molar-refractivity contribution in [3.63, 3.8) is 0 Å². The van der Waals surface area contributed by atoms with Crippen molar-refractivity contribution in [3.05, 3.63) is 30.2 Å². The summed E-state index contributed by atoms with van der Waals surface area (Å²) < 4.78 is 7.49. The molecule has 1 atom stereocenters. The topological polar surface area (TPSA) is 101 Å². The summed E-state index contributed by atoms with van der Waals surface area (Å²) in [4.78, 5) is 7.28. The molecule has 4 aromatic rings. The fourth-order valence-electron chi connectivity index (χ4n) is 3.74. The van der Waals surface area contributed by atoms with Crippen molar-refractivity contribution in [2.24, 2.45) is 7.05 Å². The van der Waals surface area contributed by atoms with E-state index in [0.717, 1.165) is 51.6 Å². The van der Waals surface area contributed by atoms with Gasteiger partial charge in [-0.05, 0) is 26.0 Å². The Labute approximate surface area is 161 Å². The number of nitrogens with one attached hydrogen (secondary N) is 2. The molecule has 144 valence electrons. The second-order valence-corrected chi connectivity index (χ2v) is 7.18. The molecule has 2 N–H and O–H groups in total. The van der Waals surface area contributed by atoms with Crippen LogP contribution >= 0.6 is 0 Å². The van der Waals surface area contributed by atoms with E-state index < -0.39 is 0 Å². The minimum absolute atomic E-state index is 0.254. The van der Waals surface area contributed by atoms with Gasteiger partial charge in [-0.15, -0.1) is 0 Å². The van der Waals surface area contributed by atoms with Crippen LogP contribution in [0.25, 0.3) is 33.5 Å². The lowest BCUT2D eigenvalue weighted by molar-refractivity contribution is 0.0986. The van der Waals surface area contributed by atoms with Crippen LogP contribution in [0.3, 0.4) is 0 Å². The Balaban J connectivity index is 1.76. The van der Waals surface area contributed by atoms with Crippen LogP contribution in [0.1, 0.15) is 12.6 Å². The number of morpholine rings is 1. The van der Waals surface area contributed by atoms with Crippen molar-refractivity contribution in [1.29, 1.82) is 0 Å². The Morgan fingerprint density at radius 1 is 1.21 bits per heavy atom. The molecule has 0 unspecified atom stereocenters. The molecule has 0 bridgehead atoms. The van der Waals surface area contributed by atoms with Crippen LogP contribution in [0.4, 0.5) is 5.82 Å². The molecule has 1 aliphatic rings. The predicted molar refractivity (Wildman–Crippen MR) is 106 cm³/mol. The highest BCUT2D eigenvalue weighted by Crippen LogP contribution is 2.36. The van der Waals surface area contributed by atoms with E-state index in [1.807, 2.05) is 24.0 Å². The van der Waals surface area contributed by atoms with Crippen molar-refractivity contribution < 1.29 is 4.74 Å². The predicted octanol–water partition coefficient (Wildman–Crippen LogP) is 2.28. The van der Waals surface area contributed by atoms with Crippen molar-refractivity contribution in [1.82, 2.24) is 35.2 Å². The van der Waals surface area contributed by atoms with E-state index in [-0.39, 0.29) is 6.04 Å². The Morgan fingerprint density at radius 3 is 2.82 bits per heavy atom. The van der Waals surface area contributed by atoms with Crippen molar-refractivity contribution in [2.45, 2.75) is 19.9 Å². The van der Waals surface area contributed by atoms with Gasteiger partial charge in [-0.2, -0.15) is 15.3 Å². The normalized spacial score (nSPS) is 17.5. The van der Waals surface area contributed by atoms with Gasteiger partial charge in [0.05, 0.1) is 31.1 Å². The fraction of sp³-hybridized carbons (Fsp3) is 0.368. The quantitative estimate of drug-likeness (QED) is 0.567. The average molecular weight is 378 g/mol. The number of nitrogens with zero attached hydrogens (tertiary/aromatic N) is 6. The zero-order valence-electron chi connectivity index (χ0n) is 16.1. The lowest BCUT2D eigenvalue weighted by Crippen LogP contribution is -2.44. The van der Waals surface area contributed by atoms with Gasteiger partial charge in [-0.3, -0.25) is 14.9 Å². The number of anilines is 1. The first-order chi connectivity index (χ1) is 13.6. The zero-order valence-corrected chi connectivity index (χ0v) is 16.1. The average Bonchev–Trinajstić information content (AvgIpc) is 3.43. The van der Waals surface area contributed by atoms with Gasteiger partial charge >= 0.3 is 0 Å². The van der Waals surface area contributed by atoms with Crippen LogP contribution in [0.5, 0.6) is 0 Å². The number of hydrogen-bond acceptors (Lipinski definition) is 6. The highest BCUT2D eigenvalue weighted by Gasteiger charge is 2.24. The van der Waals surface area contributed by atoms with E-state index in [2.05, 4.69) is 50.3 Å². The lowest BCUT2D eigenvalue weighted by atomic mass is 10.0. The maximum atomic E-state index is 5.61. The summed E-state index contributed by atoms with van der Waals surface area (Å²) in [6.07, 6.45) is 3.61. The first kappa shape index (κ1) is 16.9. The molecule has 1 aliphatic heterocycles. The number of pyridine rings is 1. The summed E-state index contributed by atoms with van der Waals surface area (Å²) in [5, 5.41) is 19.2. The molecule has 1 saturated heterocycles. The van der Waals surface area contributed by atoms with E-state index in [1.165, 1.54) is 0 Å². The fourth-order valence-corrected chi connectivity index (χ4v) is 3.74. The number of hydrogen-bond donors (Lipinski definition) is 2. The zero-order chi connectivity index (χ0) is 19.3. The molecule has 5 heterocycles. The van der Waals surface area contributed by atoms with Crippen LogP contribution in [0, 0.1) is 6.92 Å². The maximum Gasteiger partial charge on any atom is 0.130 e. The number of aryl methyl sites for hydroxylation is 1. The molecule has 28 heavy (non-hydrogen) atoms. The second-order valence-electron chi connectivity index (χ2n) is 7.18. The van der Waals surface area contributed by atoms with Crippen LogP contribution < -0.4 is 4.90 Å². The SMILES string of the molecule is Cc1c(-c2cc(N3CCOC[C@H]3C)nc3c(-c4ccn[nH]4)[nH]nc23)cnn1C. The molecule has 0 radical (unpaired) electrons. The van der Waals surface area contributed by atoms with Gasteiger partial charge in [0.15, 0.2) is 0 Å². The van der Waals surface area contributed by atoms with Crippen LogP contribution in [0.15, 0.2) is 24.5 Å². The molecular formula is C19H22N8O. The number of aromatic nitrogens is 7. The van der Waals surface area contributed by atoms with Gasteiger partial charge in [0, 0.05) is 36.6 Å². The van der Waals surface area contributed by atoms with E-state index in [4.69, 9.17) is 9.72 Å². The van der Waals surface area contributed by atoms with Crippen LogP contribution in [0.2, 0.25) is 0 Å². The van der Waals surface area contributed by atoms with Gasteiger partial charge in [0.2, 0.25) is 0 Å². The van der Waals surface area contributed by atoms with Gasteiger partial charge < -0.3 is 9.64 Å². The van der Waals surface area contributed by atoms with Crippen molar-refractivity contribution >= 4 is 16.9 Å². The van der Waals surface area contributed by atoms with Crippen molar-refractivity contribution in [2.75, 3.05) is 24.7 Å². The van der Waals surface area contributed by atoms with E-state index >= 15 is 0 Å². The highest BCUT2D eigenvalue weighted by atomic mass is 16.5. The first-order valence-corrected chi connectivity index (χ1v) is 9.35. The Hall–Kier alpha value is -3.20. The number of aromatic amines is 2. The molecule has 4 aromatic heterocycles. The van der Waals surface area contributed by atoms with Gasteiger partial charge in [0.1, 0.15) is 22.5 Å². The van der Waals surface area contributed by atoms with Crippen LogP contribution in [-0.4, -0.2) is 61.0 Å². The largest absolute Gasteiger partial charge is 0.377 e. The molecular weight excluding hydrogens is 356 g/mol. The third kappa shape index (κ3) is 2.58. The van der Waals surface area contributed by atoms with E-state index in [1.54, 1.807) is 6.20 Å². The molecule has 0 saturated carbocycles. The molecule has 0 amide bonds. The molecule has 9 heteroatoms. The van der Waals surface area contributed by atoms with E-state index in [0.29, 0.717) is 13.2 Å². The first-order valence-electron chi connectivity index (χ1n) is 9.35. The number of ether oxygens (including phenoxy) is 1. The molecule has 5 rings (SSSR count). The third-order valence-electron chi connectivity index (χ3n) is 5.45. The number of fused-ring (bicyclic) bond motifs is 1. The van der Waals surface area contributed by atoms with Crippen LogP contribution in [-0.2, 0) is 11.8 Å². The summed E-state index contributed by atoms with van der Waals surface area (Å²) in [7, 11) is 1.95. The summed E-state index contributed by atoms with van der Waals surface area (Å²) in [6, 6.07) is 4.28. The molecule has 1 fully saturated rings. The molecule has 0 aliphatic carbocycles. The molecule has 0 spiro atoms. The van der Waals surface area contributed by atoms with Crippen molar-refractivity contribution in [3.8, 4) is 22.5 Å². The minimum atomic E-state index is 0.254. The monoisotopic (exact) mass is 378 g/mol. The molecule has 9 nitrogen and oxygen atoms in total. The number of H-pyrrole nitrogens is 2.